The second-order valence-corrected chi connectivity index (χ2v) is 6.20. The molecule has 2 saturated heterocycles. The molecule has 108 valence electrons. The molecule has 0 spiro atoms. The van der Waals surface area contributed by atoms with Gasteiger partial charge >= 0.3 is 0 Å². The lowest BCUT2D eigenvalue weighted by Crippen LogP contribution is -2.48. The molecule has 0 saturated carbocycles. The van der Waals surface area contributed by atoms with Gasteiger partial charge in [0.05, 0.1) is 0 Å². The summed E-state index contributed by atoms with van der Waals surface area (Å²) in [6, 6.07) is 8.97. The number of benzene rings is 1. The van der Waals surface area contributed by atoms with Crippen LogP contribution in [0.3, 0.4) is 0 Å². The van der Waals surface area contributed by atoms with Crippen molar-refractivity contribution in [2.45, 2.75) is 38.6 Å². The molecule has 0 bridgehead atoms. The first-order valence-corrected chi connectivity index (χ1v) is 7.80. The summed E-state index contributed by atoms with van der Waals surface area (Å²) in [5, 5.41) is 3.44. The van der Waals surface area contributed by atoms with Crippen molar-refractivity contribution in [3.63, 3.8) is 0 Å². The fourth-order valence-corrected chi connectivity index (χ4v) is 3.53. The summed E-state index contributed by atoms with van der Waals surface area (Å²) in [7, 11) is 0. The van der Waals surface area contributed by atoms with Gasteiger partial charge in [-0.1, -0.05) is 29.8 Å². The molecular formula is C17H24N2O. The highest BCUT2D eigenvalue weighted by molar-refractivity contribution is 5.77. The van der Waals surface area contributed by atoms with Crippen molar-refractivity contribution in [1.82, 2.24) is 10.2 Å². The number of carbonyl (C=O) groups is 1. The average molecular weight is 272 g/mol. The van der Waals surface area contributed by atoms with E-state index in [1.165, 1.54) is 24.0 Å². The van der Waals surface area contributed by atoms with Gasteiger partial charge in [0.2, 0.25) is 5.91 Å². The van der Waals surface area contributed by atoms with E-state index in [1.54, 1.807) is 0 Å². The number of piperidine rings is 1. The first kappa shape index (κ1) is 13.6. The summed E-state index contributed by atoms with van der Waals surface area (Å²) in [6.45, 7) is 5.12. The number of rotatable bonds is 3. The van der Waals surface area contributed by atoms with Crippen molar-refractivity contribution < 1.29 is 4.79 Å². The molecule has 2 atom stereocenters. The van der Waals surface area contributed by atoms with E-state index in [0.717, 1.165) is 26.1 Å². The molecule has 2 aliphatic rings. The van der Waals surface area contributed by atoms with E-state index in [1.807, 2.05) is 0 Å². The number of fused-ring (bicyclic) bond motifs is 1. The van der Waals surface area contributed by atoms with Crippen LogP contribution in [-0.2, 0) is 11.2 Å². The number of likely N-dealkylation sites (tertiary alicyclic amines) is 1. The van der Waals surface area contributed by atoms with Gasteiger partial charge in [-0.05, 0) is 37.7 Å². The van der Waals surface area contributed by atoms with Crippen LogP contribution in [0.1, 0.15) is 30.4 Å². The maximum absolute atomic E-state index is 12.5. The molecule has 1 N–H and O–H groups in total. The third-order valence-corrected chi connectivity index (χ3v) is 4.75. The van der Waals surface area contributed by atoms with Crippen LogP contribution in [0.5, 0.6) is 0 Å². The van der Waals surface area contributed by atoms with Gasteiger partial charge in [-0.25, -0.2) is 0 Å². The summed E-state index contributed by atoms with van der Waals surface area (Å²) in [6.07, 6.45) is 3.95. The van der Waals surface area contributed by atoms with Gasteiger partial charge in [0.15, 0.2) is 0 Å². The number of hydrogen-bond donors (Lipinski definition) is 1. The molecule has 20 heavy (non-hydrogen) atoms. The summed E-state index contributed by atoms with van der Waals surface area (Å²) >= 11 is 0. The Labute approximate surface area is 121 Å². The van der Waals surface area contributed by atoms with Crippen LogP contribution in [0.4, 0.5) is 0 Å². The monoisotopic (exact) mass is 272 g/mol. The van der Waals surface area contributed by atoms with Crippen LogP contribution in [0.15, 0.2) is 24.3 Å². The van der Waals surface area contributed by atoms with E-state index in [9.17, 15) is 4.79 Å². The van der Waals surface area contributed by atoms with Crippen LogP contribution in [-0.4, -0.2) is 36.5 Å². The molecule has 1 amide bonds. The highest BCUT2D eigenvalue weighted by atomic mass is 16.2. The molecule has 3 nitrogen and oxygen atoms in total. The molecule has 2 unspecified atom stereocenters. The lowest BCUT2D eigenvalue weighted by molar-refractivity contribution is -0.135. The van der Waals surface area contributed by atoms with Crippen LogP contribution in [0.2, 0.25) is 0 Å². The fraction of sp³-hybridized carbons (Fsp3) is 0.588. The molecule has 0 radical (unpaired) electrons. The van der Waals surface area contributed by atoms with Crippen LogP contribution in [0, 0.1) is 12.8 Å². The molecule has 2 heterocycles. The maximum Gasteiger partial charge on any atom is 0.223 e. The van der Waals surface area contributed by atoms with Crippen LogP contribution in [0.25, 0.3) is 0 Å². The Kier molecular flexibility index (Phi) is 4.06. The quantitative estimate of drug-likeness (QED) is 0.914. The zero-order valence-corrected chi connectivity index (χ0v) is 12.3. The van der Waals surface area contributed by atoms with E-state index < -0.39 is 0 Å². The van der Waals surface area contributed by atoms with Crippen LogP contribution >= 0.6 is 0 Å². The normalized spacial score (nSPS) is 25.6. The van der Waals surface area contributed by atoms with Gasteiger partial charge < -0.3 is 10.2 Å². The van der Waals surface area contributed by atoms with Gasteiger partial charge in [0, 0.05) is 32.1 Å². The fourth-order valence-electron chi connectivity index (χ4n) is 3.53. The largest absolute Gasteiger partial charge is 0.338 e. The minimum absolute atomic E-state index is 0.337. The first-order valence-electron chi connectivity index (χ1n) is 7.80. The van der Waals surface area contributed by atoms with Crippen molar-refractivity contribution in [2.75, 3.05) is 19.6 Å². The lowest BCUT2D eigenvalue weighted by Gasteiger charge is -2.37. The maximum atomic E-state index is 12.5. The molecule has 0 aromatic heterocycles. The van der Waals surface area contributed by atoms with Gasteiger partial charge in [0.25, 0.3) is 0 Å². The SMILES string of the molecule is Cc1ccc(CCC(=O)N2CCCC3CNCC32)cc1. The molecule has 2 fully saturated rings. The predicted octanol–water partition coefficient (Wildman–Crippen LogP) is 2.14. The van der Waals surface area contributed by atoms with E-state index in [4.69, 9.17) is 0 Å². The average Bonchev–Trinajstić information content (AvgIpc) is 2.94. The van der Waals surface area contributed by atoms with Crippen molar-refractivity contribution in [1.29, 1.82) is 0 Å². The molecular weight excluding hydrogens is 248 g/mol. The van der Waals surface area contributed by atoms with Gasteiger partial charge in [0.1, 0.15) is 0 Å². The summed E-state index contributed by atoms with van der Waals surface area (Å²) in [4.78, 5) is 14.6. The topological polar surface area (TPSA) is 32.3 Å². The summed E-state index contributed by atoms with van der Waals surface area (Å²) < 4.78 is 0. The zero-order valence-electron chi connectivity index (χ0n) is 12.3. The summed E-state index contributed by atoms with van der Waals surface area (Å²) in [5.41, 5.74) is 2.54. The Balaban J connectivity index is 1.57. The Morgan fingerprint density at radius 1 is 1.30 bits per heavy atom. The Hall–Kier alpha value is -1.35. The Morgan fingerprint density at radius 2 is 2.10 bits per heavy atom. The van der Waals surface area contributed by atoms with Gasteiger partial charge in [-0.15, -0.1) is 0 Å². The van der Waals surface area contributed by atoms with Crippen LogP contribution < -0.4 is 5.32 Å². The molecule has 1 aromatic rings. The van der Waals surface area contributed by atoms with Crippen molar-refractivity contribution in [2.24, 2.45) is 5.92 Å². The second kappa shape index (κ2) is 5.96. The van der Waals surface area contributed by atoms with Crippen molar-refractivity contribution in [3.05, 3.63) is 35.4 Å². The van der Waals surface area contributed by atoms with Crippen molar-refractivity contribution in [3.8, 4) is 0 Å². The van der Waals surface area contributed by atoms with Gasteiger partial charge in [-0.3, -0.25) is 4.79 Å². The number of nitrogens with one attached hydrogen (secondary N) is 1. The highest BCUT2D eigenvalue weighted by Crippen LogP contribution is 2.27. The third kappa shape index (κ3) is 2.88. The second-order valence-electron chi connectivity index (χ2n) is 6.20. The van der Waals surface area contributed by atoms with E-state index in [2.05, 4.69) is 41.4 Å². The highest BCUT2D eigenvalue weighted by Gasteiger charge is 2.36. The number of nitrogens with zero attached hydrogens (tertiary/aromatic N) is 1. The number of carbonyl (C=O) groups excluding carboxylic acids is 1. The first-order chi connectivity index (χ1) is 9.74. The standard InChI is InChI=1S/C17H24N2O/c1-13-4-6-14(7-5-13)8-9-17(20)19-10-2-3-15-11-18-12-16(15)19/h4-7,15-16,18H,2-3,8-12H2,1H3. The molecule has 2 aliphatic heterocycles. The number of hydrogen-bond acceptors (Lipinski definition) is 2. The zero-order chi connectivity index (χ0) is 13.9. The Bertz CT molecular complexity index is 468. The minimum atomic E-state index is 0.337. The third-order valence-electron chi connectivity index (χ3n) is 4.75. The Morgan fingerprint density at radius 3 is 2.90 bits per heavy atom. The van der Waals surface area contributed by atoms with Crippen molar-refractivity contribution >= 4 is 5.91 Å². The summed E-state index contributed by atoms with van der Waals surface area (Å²) in [5.74, 6) is 1.02. The van der Waals surface area contributed by atoms with Gasteiger partial charge in [-0.2, -0.15) is 0 Å². The number of amides is 1. The predicted molar refractivity (Wildman–Crippen MR) is 80.6 cm³/mol. The number of aryl methyl sites for hydroxylation is 2. The smallest absolute Gasteiger partial charge is 0.223 e. The molecule has 1 aromatic carbocycles. The van der Waals surface area contributed by atoms with E-state index in [0.29, 0.717) is 24.3 Å². The molecule has 3 rings (SSSR count). The lowest BCUT2D eigenvalue weighted by atomic mass is 9.91. The molecule has 3 heteroatoms. The van der Waals surface area contributed by atoms with E-state index >= 15 is 0 Å². The van der Waals surface area contributed by atoms with E-state index in [-0.39, 0.29) is 0 Å². The minimum Gasteiger partial charge on any atom is -0.338 e. The molecule has 0 aliphatic carbocycles.